The molecule has 1 aliphatic heterocycles. The monoisotopic (exact) mass is 446 g/mol. The molecule has 28 heavy (non-hydrogen) atoms. The van der Waals surface area contributed by atoms with Gasteiger partial charge in [-0.3, -0.25) is 15.1 Å². The summed E-state index contributed by atoms with van der Waals surface area (Å²) < 4.78 is 10.5. The highest BCUT2D eigenvalue weighted by molar-refractivity contribution is 8.14. The lowest BCUT2D eigenvalue weighted by Gasteiger charge is -2.33. The Bertz CT molecular complexity index is 733. The van der Waals surface area contributed by atoms with Gasteiger partial charge >= 0.3 is 0 Å². The summed E-state index contributed by atoms with van der Waals surface area (Å²) in [4.78, 5) is 14.2. The van der Waals surface area contributed by atoms with Gasteiger partial charge in [0, 0.05) is 32.3 Å². The molecule has 2 rings (SSSR count). The van der Waals surface area contributed by atoms with Gasteiger partial charge in [0.25, 0.3) is 0 Å². The van der Waals surface area contributed by atoms with E-state index in [9.17, 15) is 4.79 Å². The third kappa shape index (κ3) is 7.89. The first-order valence-electron chi connectivity index (χ1n) is 8.64. The minimum absolute atomic E-state index is 0.0889. The molecular formula is C18H24Cl2N4O3S. The van der Waals surface area contributed by atoms with E-state index in [1.54, 1.807) is 6.07 Å². The molecule has 4 N–H and O–H groups in total. The average molecular weight is 447 g/mol. The van der Waals surface area contributed by atoms with Crippen LogP contribution in [-0.2, 0) is 20.8 Å². The average Bonchev–Trinajstić information content (AvgIpc) is 2.68. The Morgan fingerprint density at radius 1 is 1.50 bits per heavy atom. The summed E-state index contributed by atoms with van der Waals surface area (Å²) in [5.41, 5.74) is 6.55. The molecule has 1 aliphatic rings. The Labute approximate surface area is 179 Å². The van der Waals surface area contributed by atoms with E-state index in [1.807, 2.05) is 12.1 Å². The van der Waals surface area contributed by atoms with Crippen molar-refractivity contribution in [2.75, 3.05) is 39.1 Å². The molecule has 1 atom stereocenters. The maximum atomic E-state index is 12.0. The molecule has 0 radical (unpaired) electrons. The van der Waals surface area contributed by atoms with Gasteiger partial charge in [-0.15, -0.1) is 0 Å². The van der Waals surface area contributed by atoms with Gasteiger partial charge in [0.05, 0.1) is 40.7 Å². The second-order valence-electron chi connectivity index (χ2n) is 6.18. The second-order valence-corrected chi connectivity index (χ2v) is 8.02. The van der Waals surface area contributed by atoms with Crippen LogP contribution in [0.5, 0.6) is 0 Å². The maximum Gasteiger partial charge on any atom is 0.230 e. The largest absolute Gasteiger partial charge is 0.483 e. The molecular weight excluding hydrogens is 423 g/mol. The lowest BCUT2D eigenvalue weighted by atomic mass is 10.2. The van der Waals surface area contributed by atoms with Crippen LogP contribution in [0.15, 0.2) is 30.2 Å². The number of rotatable bonds is 8. The predicted octanol–water partition coefficient (Wildman–Crippen LogP) is 2.47. The van der Waals surface area contributed by atoms with E-state index in [0.29, 0.717) is 29.7 Å². The Morgan fingerprint density at radius 2 is 2.29 bits per heavy atom. The van der Waals surface area contributed by atoms with Crippen LogP contribution in [0.2, 0.25) is 10.0 Å². The van der Waals surface area contributed by atoms with E-state index in [2.05, 4.69) is 10.2 Å². The Balaban J connectivity index is 1.73. The topological polar surface area (TPSA) is 101 Å². The summed E-state index contributed by atoms with van der Waals surface area (Å²) in [5.74, 6) is 0.103. The number of nitrogens with two attached hydrogens (primary N) is 1. The van der Waals surface area contributed by atoms with Crippen molar-refractivity contribution in [3.05, 3.63) is 45.8 Å². The van der Waals surface area contributed by atoms with Crippen LogP contribution < -0.4 is 11.1 Å². The van der Waals surface area contributed by atoms with Gasteiger partial charge in [-0.2, -0.15) is 0 Å². The molecule has 1 aromatic carbocycles. The van der Waals surface area contributed by atoms with Crippen molar-refractivity contribution >= 4 is 45.9 Å². The number of morpholine rings is 1. The third-order valence-electron chi connectivity index (χ3n) is 4.01. The first kappa shape index (κ1) is 22.8. The van der Waals surface area contributed by atoms with Crippen molar-refractivity contribution in [3.63, 3.8) is 0 Å². The van der Waals surface area contributed by atoms with E-state index >= 15 is 0 Å². The molecule has 0 aromatic heterocycles. The van der Waals surface area contributed by atoms with Crippen LogP contribution in [0.3, 0.4) is 0 Å². The summed E-state index contributed by atoms with van der Waals surface area (Å²) in [7, 11) is 1.42. The van der Waals surface area contributed by atoms with Crippen LogP contribution in [0, 0.1) is 5.41 Å². The number of nitrogens with zero attached hydrogens (tertiary/aromatic N) is 1. The fraction of sp³-hybridized carbons (Fsp3) is 0.444. The zero-order valence-electron chi connectivity index (χ0n) is 15.5. The van der Waals surface area contributed by atoms with E-state index in [-0.39, 0.29) is 28.7 Å². The third-order valence-corrected chi connectivity index (χ3v) is 5.58. The van der Waals surface area contributed by atoms with Crippen molar-refractivity contribution in [1.82, 2.24) is 10.2 Å². The van der Waals surface area contributed by atoms with Crippen molar-refractivity contribution in [2.24, 2.45) is 5.73 Å². The number of nitrogens with one attached hydrogen (secondary N) is 2. The van der Waals surface area contributed by atoms with Crippen LogP contribution >= 0.6 is 35.0 Å². The number of benzene rings is 1. The van der Waals surface area contributed by atoms with Gasteiger partial charge in [0.2, 0.25) is 5.91 Å². The van der Waals surface area contributed by atoms with E-state index in [4.69, 9.17) is 43.8 Å². The fourth-order valence-electron chi connectivity index (χ4n) is 2.60. The Kier molecular flexibility index (Phi) is 9.40. The number of halogens is 2. The SMILES string of the molecule is CO/C(N)=C/C(=N)SCC(=O)NC[C@H]1CN(Cc2ccc(Cl)c(Cl)c2)CCO1. The molecule has 10 heteroatoms. The Hall–Kier alpha value is -1.45. The minimum Gasteiger partial charge on any atom is -0.483 e. The zero-order valence-corrected chi connectivity index (χ0v) is 17.9. The molecule has 1 heterocycles. The zero-order chi connectivity index (χ0) is 20.5. The highest BCUT2D eigenvalue weighted by Crippen LogP contribution is 2.23. The highest BCUT2D eigenvalue weighted by Gasteiger charge is 2.21. The number of hydrogen-bond acceptors (Lipinski definition) is 7. The van der Waals surface area contributed by atoms with E-state index in [1.165, 1.54) is 13.2 Å². The molecule has 0 aliphatic carbocycles. The van der Waals surface area contributed by atoms with Crippen molar-refractivity contribution < 1.29 is 14.3 Å². The molecule has 1 fully saturated rings. The number of carbonyl (C=O) groups is 1. The first-order valence-corrected chi connectivity index (χ1v) is 10.4. The molecule has 1 aromatic rings. The van der Waals surface area contributed by atoms with Gasteiger partial charge in [-0.1, -0.05) is 41.0 Å². The number of ether oxygens (including phenoxy) is 2. The summed E-state index contributed by atoms with van der Waals surface area (Å²) in [6.45, 7) is 3.27. The van der Waals surface area contributed by atoms with Gasteiger partial charge in [0.1, 0.15) is 0 Å². The quantitative estimate of drug-likeness (QED) is 0.322. The summed E-state index contributed by atoms with van der Waals surface area (Å²) >= 11 is 13.1. The molecule has 1 amide bonds. The lowest BCUT2D eigenvalue weighted by Crippen LogP contribution is -2.47. The molecule has 0 unspecified atom stereocenters. The molecule has 0 saturated carbocycles. The first-order chi connectivity index (χ1) is 13.4. The number of thioether (sulfide) groups is 1. The molecule has 1 saturated heterocycles. The fourth-order valence-corrected chi connectivity index (χ4v) is 3.50. The van der Waals surface area contributed by atoms with Gasteiger partial charge in [-0.05, 0) is 17.7 Å². The van der Waals surface area contributed by atoms with Crippen molar-refractivity contribution in [2.45, 2.75) is 12.6 Å². The smallest absolute Gasteiger partial charge is 0.230 e. The summed E-state index contributed by atoms with van der Waals surface area (Å²) in [6, 6.07) is 5.62. The molecule has 7 nitrogen and oxygen atoms in total. The maximum absolute atomic E-state index is 12.0. The van der Waals surface area contributed by atoms with Crippen molar-refractivity contribution in [3.8, 4) is 0 Å². The lowest BCUT2D eigenvalue weighted by molar-refractivity contribution is -0.119. The molecule has 0 spiro atoms. The van der Waals surface area contributed by atoms with Gasteiger partial charge in [-0.25, -0.2) is 0 Å². The van der Waals surface area contributed by atoms with E-state index < -0.39 is 0 Å². The van der Waals surface area contributed by atoms with Crippen LogP contribution in [0.25, 0.3) is 0 Å². The highest BCUT2D eigenvalue weighted by atomic mass is 35.5. The normalized spacial score (nSPS) is 18.0. The van der Waals surface area contributed by atoms with Crippen LogP contribution in [0.4, 0.5) is 0 Å². The predicted molar refractivity (Wildman–Crippen MR) is 114 cm³/mol. The standard InChI is InChI=1S/C18H24Cl2N4O3S/c1-26-16(21)7-17(22)28-11-18(25)23-8-13-10-24(4-5-27-13)9-12-2-3-14(19)15(20)6-12/h2-3,6-7,13,22H,4-5,8-11,21H2,1H3,(H,23,25)/b16-7+,22-17?/t13-/m0/s1. The minimum atomic E-state index is -0.163. The second kappa shape index (κ2) is 11.5. The number of carbonyl (C=O) groups excluding carboxylic acids is 1. The summed E-state index contributed by atoms with van der Waals surface area (Å²) in [6.07, 6.45) is 1.28. The van der Waals surface area contributed by atoms with Gasteiger partial charge < -0.3 is 20.5 Å². The summed E-state index contributed by atoms with van der Waals surface area (Å²) in [5, 5.41) is 11.8. The molecule has 154 valence electrons. The number of methoxy groups -OCH3 is 1. The van der Waals surface area contributed by atoms with Crippen LogP contribution in [0.1, 0.15) is 5.56 Å². The van der Waals surface area contributed by atoms with Crippen LogP contribution in [-0.4, -0.2) is 61.1 Å². The Morgan fingerprint density at radius 3 is 3.00 bits per heavy atom. The molecule has 0 bridgehead atoms. The van der Waals surface area contributed by atoms with E-state index in [0.717, 1.165) is 30.4 Å². The van der Waals surface area contributed by atoms with Gasteiger partial charge in [0.15, 0.2) is 5.88 Å². The number of amides is 1. The number of hydrogen-bond donors (Lipinski definition) is 3. The van der Waals surface area contributed by atoms with Crippen molar-refractivity contribution in [1.29, 1.82) is 5.41 Å².